The van der Waals surface area contributed by atoms with Crippen LogP contribution in [0.15, 0.2) is 22.9 Å². The second kappa shape index (κ2) is 5.77. The predicted molar refractivity (Wildman–Crippen MR) is 69.3 cm³/mol. The third kappa shape index (κ3) is 3.51. The standard InChI is InChI=1S/C12H15BrN2O3/c13-10-7-9(1-4-14-10)11(16)15-8-12(17)2-5-18-6-3-12/h1,4,7,17H,2-3,5-6,8H2,(H,15,16). The second-order valence-electron chi connectivity index (χ2n) is 4.39. The van der Waals surface area contributed by atoms with E-state index in [0.29, 0.717) is 36.2 Å². The van der Waals surface area contributed by atoms with Crippen molar-refractivity contribution in [3.05, 3.63) is 28.5 Å². The van der Waals surface area contributed by atoms with E-state index in [2.05, 4.69) is 26.2 Å². The molecular weight excluding hydrogens is 300 g/mol. The van der Waals surface area contributed by atoms with Gasteiger partial charge in [-0.05, 0) is 28.1 Å². The van der Waals surface area contributed by atoms with Crippen molar-refractivity contribution in [1.29, 1.82) is 0 Å². The molecule has 0 unspecified atom stereocenters. The Hall–Kier alpha value is -0.980. The zero-order valence-electron chi connectivity index (χ0n) is 9.86. The predicted octanol–water partition coefficient (Wildman–Crippen LogP) is 1.12. The van der Waals surface area contributed by atoms with Gasteiger partial charge in [0.05, 0.1) is 5.60 Å². The molecule has 0 bridgehead atoms. The average molecular weight is 315 g/mol. The normalized spacial score (nSPS) is 18.3. The number of aromatic nitrogens is 1. The number of rotatable bonds is 3. The van der Waals surface area contributed by atoms with Crippen molar-refractivity contribution in [2.24, 2.45) is 0 Å². The van der Waals surface area contributed by atoms with Crippen molar-refractivity contribution in [3.63, 3.8) is 0 Å². The highest BCUT2D eigenvalue weighted by Gasteiger charge is 2.30. The highest BCUT2D eigenvalue weighted by Crippen LogP contribution is 2.19. The number of pyridine rings is 1. The zero-order valence-corrected chi connectivity index (χ0v) is 11.4. The lowest BCUT2D eigenvalue weighted by molar-refractivity contribution is -0.0605. The molecular formula is C12H15BrN2O3. The van der Waals surface area contributed by atoms with Crippen molar-refractivity contribution in [2.45, 2.75) is 18.4 Å². The third-order valence-electron chi connectivity index (χ3n) is 2.99. The van der Waals surface area contributed by atoms with Crippen LogP contribution in [0.5, 0.6) is 0 Å². The third-order valence-corrected chi connectivity index (χ3v) is 3.42. The number of amides is 1. The van der Waals surface area contributed by atoms with E-state index in [1.807, 2.05) is 0 Å². The summed E-state index contributed by atoms with van der Waals surface area (Å²) in [6.07, 6.45) is 2.66. The molecule has 6 heteroatoms. The molecule has 0 spiro atoms. The number of nitrogens with zero attached hydrogens (tertiary/aromatic N) is 1. The smallest absolute Gasteiger partial charge is 0.251 e. The lowest BCUT2D eigenvalue weighted by atomic mass is 9.94. The number of hydrogen-bond donors (Lipinski definition) is 2. The molecule has 2 N–H and O–H groups in total. The maximum Gasteiger partial charge on any atom is 0.251 e. The molecule has 1 aliphatic heterocycles. The van der Waals surface area contributed by atoms with Crippen LogP contribution in [0.4, 0.5) is 0 Å². The van der Waals surface area contributed by atoms with Gasteiger partial charge in [-0.1, -0.05) is 0 Å². The quantitative estimate of drug-likeness (QED) is 0.820. The summed E-state index contributed by atoms with van der Waals surface area (Å²) in [5.74, 6) is -0.210. The summed E-state index contributed by atoms with van der Waals surface area (Å²) in [4.78, 5) is 15.8. The first-order valence-electron chi connectivity index (χ1n) is 5.79. The van der Waals surface area contributed by atoms with Gasteiger partial charge in [0.15, 0.2) is 0 Å². The van der Waals surface area contributed by atoms with Gasteiger partial charge in [0.25, 0.3) is 5.91 Å². The van der Waals surface area contributed by atoms with E-state index in [4.69, 9.17) is 4.74 Å². The van der Waals surface area contributed by atoms with Crippen LogP contribution in [0.3, 0.4) is 0 Å². The monoisotopic (exact) mass is 314 g/mol. The molecule has 0 radical (unpaired) electrons. The highest BCUT2D eigenvalue weighted by molar-refractivity contribution is 9.10. The fraction of sp³-hybridized carbons (Fsp3) is 0.500. The molecule has 1 aliphatic rings. The van der Waals surface area contributed by atoms with E-state index in [1.165, 1.54) is 0 Å². The number of halogens is 1. The maximum atomic E-state index is 11.9. The first-order valence-corrected chi connectivity index (χ1v) is 6.58. The number of carbonyl (C=O) groups is 1. The van der Waals surface area contributed by atoms with E-state index in [1.54, 1.807) is 18.3 Å². The number of carbonyl (C=O) groups excluding carboxylic acids is 1. The minimum atomic E-state index is -0.849. The summed E-state index contributed by atoms with van der Waals surface area (Å²) in [5, 5.41) is 12.9. The Kier molecular flexibility index (Phi) is 4.31. The van der Waals surface area contributed by atoms with Crippen LogP contribution in [0.1, 0.15) is 23.2 Å². The maximum absolute atomic E-state index is 11.9. The van der Waals surface area contributed by atoms with E-state index in [-0.39, 0.29) is 12.5 Å². The zero-order chi connectivity index (χ0) is 13.0. The van der Waals surface area contributed by atoms with Crippen molar-refractivity contribution >= 4 is 21.8 Å². The summed E-state index contributed by atoms with van der Waals surface area (Å²) >= 11 is 3.21. The Bertz CT molecular complexity index is 433. The number of nitrogens with one attached hydrogen (secondary N) is 1. The first-order chi connectivity index (χ1) is 8.59. The summed E-state index contributed by atoms with van der Waals surface area (Å²) in [7, 11) is 0. The minimum absolute atomic E-state index is 0.210. The molecule has 2 heterocycles. The van der Waals surface area contributed by atoms with Crippen LogP contribution in [-0.4, -0.2) is 41.4 Å². The van der Waals surface area contributed by atoms with Crippen molar-refractivity contribution in [1.82, 2.24) is 10.3 Å². The fourth-order valence-electron chi connectivity index (χ4n) is 1.82. The molecule has 1 fully saturated rings. The molecule has 5 nitrogen and oxygen atoms in total. The van der Waals surface area contributed by atoms with Crippen molar-refractivity contribution in [2.75, 3.05) is 19.8 Å². The van der Waals surface area contributed by atoms with Crippen molar-refractivity contribution in [3.8, 4) is 0 Å². The number of aliphatic hydroxyl groups is 1. The van der Waals surface area contributed by atoms with Gasteiger partial charge in [-0.2, -0.15) is 0 Å². The molecule has 0 saturated carbocycles. The Morgan fingerprint density at radius 1 is 1.56 bits per heavy atom. The Balaban J connectivity index is 1.92. The van der Waals surface area contributed by atoms with Gasteiger partial charge < -0.3 is 15.2 Å². The van der Waals surface area contributed by atoms with E-state index >= 15 is 0 Å². The lowest BCUT2D eigenvalue weighted by Gasteiger charge is -2.32. The van der Waals surface area contributed by atoms with Crippen LogP contribution in [0.25, 0.3) is 0 Å². The van der Waals surface area contributed by atoms with Gasteiger partial charge >= 0.3 is 0 Å². The van der Waals surface area contributed by atoms with Gasteiger partial charge in [0.2, 0.25) is 0 Å². The van der Waals surface area contributed by atoms with Crippen LogP contribution in [-0.2, 0) is 4.74 Å². The average Bonchev–Trinajstić information content (AvgIpc) is 2.37. The Morgan fingerprint density at radius 3 is 2.94 bits per heavy atom. The molecule has 1 saturated heterocycles. The summed E-state index contributed by atoms with van der Waals surface area (Å²) in [6, 6.07) is 3.28. The minimum Gasteiger partial charge on any atom is -0.388 e. The molecule has 1 amide bonds. The molecule has 98 valence electrons. The van der Waals surface area contributed by atoms with Gasteiger partial charge in [-0.3, -0.25) is 4.79 Å². The topological polar surface area (TPSA) is 71.5 Å². The Labute approximate surface area is 114 Å². The van der Waals surface area contributed by atoms with Gasteiger partial charge in [0, 0.05) is 44.4 Å². The van der Waals surface area contributed by atoms with E-state index in [9.17, 15) is 9.90 Å². The van der Waals surface area contributed by atoms with Crippen LogP contribution in [0.2, 0.25) is 0 Å². The SMILES string of the molecule is O=C(NCC1(O)CCOCC1)c1ccnc(Br)c1. The van der Waals surface area contributed by atoms with Gasteiger partial charge in [-0.25, -0.2) is 4.98 Å². The van der Waals surface area contributed by atoms with Crippen LogP contribution in [0, 0.1) is 0 Å². The summed E-state index contributed by atoms with van der Waals surface area (Å²) < 4.78 is 5.80. The van der Waals surface area contributed by atoms with Gasteiger partial charge in [0.1, 0.15) is 4.60 Å². The Morgan fingerprint density at radius 2 is 2.28 bits per heavy atom. The number of ether oxygens (including phenoxy) is 1. The first kappa shape index (κ1) is 13.5. The largest absolute Gasteiger partial charge is 0.388 e. The molecule has 2 rings (SSSR count). The fourth-order valence-corrected chi connectivity index (χ4v) is 2.18. The van der Waals surface area contributed by atoms with E-state index in [0.717, 1.165) is 0 Å². The highest BCUT2D eigenvalue weighted by atomic mass is 79.9. The van der Waals surface area contributed by atoms with E-state index < -0.39 is 5.60 Å². The summed E-state index contributed by atoms with van der Waals surface area (Å²) in [6.45, 7) is 1.31. The summed E-state index contributed by atoms with van der Waals surface area (Å²) in [5.41, 5.74) is -0.328. The van der Waals surface area contributed by atoms with Crippen molar-refractivity contribution < 1.29 is 14.6 Å². The molecule has 0 aromatic carbocycles. The molecule has 0 atom stereocenters. The number of hydrogen-bond acceptors (Lipinski definition) is 4. The molecule has 1 aromatic heterocycles. The molecule has 1 aromatic rings. The van der Waals surface area contributed by atoms with Crippen LogP contribution >= 0.6 is 15.9 Å². The van der Waals surface area contributed by atoms with Crippen LogP contribution < -0.4 is 5.32 Å². The molecule has 0 aliphatic carbocycles. The lowest BCUT2D eigenvalue weighted by Crippen LogP contribution is -2.46. The second-order valence-corrected chi connectivity index (χ2v) is 5.20. The van der Waals surface area contributed by atoms with Gasteiger partial charge in [-0.15, -0.1) is 0 Å². The molecule has 18 heavy (non-hydrogen) atoms.